The van der Waals surface area contributed by atoms with E-state index in [1.54, 1.807) is 0 Å². The van der Waals surface area contributed by atoms with Gasteiger partial charge in [-0.1, -0.05) is 42.8 Å². The number of hydrogen-bond acceptors (Lipinski definition) is 2. The quantitative estimate of drug-likeness (QED) is 0.823. The minimum absolute atomic E-state index is 0.125. The van der Waals surface area contributed by atoms with Gasteiger partial charge in [0.1, 0.15) is 0 Å². The first-order chi connectivity index (χ1) is 9.84. The highest BCUT2D eigenvalue weighted by atomic mass is 16.2. The third-order valence-electron chi connectivity index (χ3n) is 3.78. The SMILES string of the molecule is O=C(NN=C1CCCCC1)c1cccc2ccccc12. The normalized spacial score (nSPS) is 15.1. The molecule has 102 valence electrons. The zero-order valence-corrected chi connectivity index (χ0v) is 11.4. The molecule has 0 heterocycles. The molecular formula is C17H18N2O. The molecule has 0 radical (unpaired) electrons. The highest BCUT2D eigenvalue weighted by molar-refractivity contribution is 6.07. The molecule has 0 spiro atoms. The number of nitrogens with one attached hydrogen (secondary N) is 1. The summed E-state index contributed by atoms with van der Waals surface area (Å²) >= 11 is 0. The Balaban J connectivity index is 1.82. The molecule has 3 rings (SSSR count). The van der Waals surface area contributed by atoms with E-state index in [0.29, 0.717) is 5.56 Å². The Morgan fingerprint density at radius 3 is 2.55 bits per heavy atom. The number of fused-ring (bicyclic) bond motifs is 1. The molecule has 0 atom stereocenters. The number of rotatable bonds is 2. The third-order valence-corrected chi connectivity index (χ3v) is 3.78. The molecule has 2 aromatic carbocycles. The molecule has 3 nitrogen and oxygen atoms in total. The summed E-state index contributed by atoms with van der Waals surface area (Å²) in [6, 6.07) is 13.7. The molecule has 1 aliphatic rings. The summed E-state index contributed by atoms with van der Waals surface area (Å²) in [6.07, 6.45) is 5.66. The lowest BCUT2D eigenvalue weighted by Crippen LogP contribution is -2.20. The molecular weight excluding hydrogens is 248 g/mol. The average Bonchev–Trinajstić information content (AvgIpc) is 2.53. The Hall–Kier alpha value is -2.16. The summed E-state index contributed by atoms with van der Waals surface area (Å²) in [5, 5.41) is 6.33. The summed E-state index contributed by atoms with van der Waals surface area (Å²) in [5.74, 6) is -0.125. The van der Waals surface area contributed by atoms with Crippen molar-refractivity contribution in [2.75, 3.05) is 0 Å². The summed E-state index contributed by atoms with van der Waals surface area (Å²) in [4.78, 5) is 12.3. The summed E-state index contributed by atoms with van der Waals surface area (Å²) in [5.41, 5.74) is 4.51. The van der Waals surface area contributed by atoms with E-state index in [-0.39, 0.29) is 5.91 Å². The molecule has 2 aromatic rings. The fourth-order valence-corrected chi connectivity index (χ4v) is 2.69. The number of hydrogen-bond donors (Lipinski definition) is 1. The maximum atomic E-state index is 12.3. The van der Waals surface area contributed by atoms with Gasteiger partial charge in [-0.05, 0) is 42.5 Å². The molecule has 1 fully saturated rings. The van der Waals surface area contributed by atoms with Crippen LogP contribution in [0.2, 0.25) is 0 Å². The molecule has 1 saturated carbocycles. The fourth-order valence-electron chi connectivity index (χ4n) is 2.69. The van der Waals surface area contributed by atoms with Gasteiger partial charge in [0.25, 0.3) is 5.91 Å². The number of nitrogens with zero attached hydrogens (tertiary/aromatic N) is 1. The molecule has 0 unspecified atom stereocenters. The van der Waals surface area contributed by atoms with Gasteiger partial charge in [-0.3, -0.25) is 4.79 Å². The molecule has 20 heavy (non-hydrogen) atoms. The molecule has 1 aliphatic carbocycles. The van der Waals surface area contributed by atoms with Gasteiger partial charge < -0.3 is 0 Å². The first-order valence-corrected chi connectivity index (χ1v) is 7.18. The van der Waals surface area contributed by atoms with Crippen molar-refractivity contribution in [3.63, 3.8) is 0 Å². The molecule has 0 aromatic heterocycles. The van der Waals surface area contributed by atoms with Crippen molar-refractivity contribution in [2.24, 2.45) is 5.10 Å². The van der Waals surface area contributed by atoms with E-state index >= 15 is 0 Å². The van der Waals surface area contributed by atoms with Crippen molar-refractivity contribution in [1.82, 2.24) is 5.43 Å². The Morgan fingerprint density at radius 2 is 1.70 bits per heavy atom. The maximum Gasteiger partial charge on any atom is 0.271 e. The first-order valence-electron chi connectivity index (χ1n) is 7.18. The molecule has 1 N–H and O–H groups in total. The molecule has 1 amide bonds. The highest BCUT2D eigenvalue weighted by Gasteiger charge is 2.10. The zero-order valence-electron chi connectivity index (χ0n) is 11.4. The van der Waals surface area contributed by atoms with Crippen LogP contribution >= 0.6 is 0 Å². The fraction of sp³-hybridized carbons (Fsp3) is 0.294. The smallest absolute Gasteiger partial charge is 0.267 e. The second-order valence-corrected chi connectivity index (χ2v) is 5.21. The molecule has 3 heteroatoms. The highest BCUT2D eigenvalue weighted by Crippen LogP contribution is 2.18. The van der Waals surface area contributed by atoms with Crippen LogP contribution in [0.3, 0.4) is 0 Å². The summed E-state index contributed by atoms with van der Waals surface area (Å²) in [7, 11) is 0. The van der Waals surface area contributed by atoms with Crippen molar-refractivity contribution in [2.45, 2.75) is 32.1 Å². The monoisotopic (exact) mass is 266 g/mol. The predicted octanol–water partition coefficient (Wildman–Crippen LogP) is 3.89. The predicted molar refractivity (Wildman–Crippen MR) is 81.9 cm³/mol. The topological polar surface area (TPSA) is 41.5 Å². The number of carbonyl (C=O) groups excluding carboxylic acids is 1. The number of amides is 1. The second kappa shape index (κ2) is 5.87. The van der Waals surface area contributed by atoms with Crippen LogP contribution in [0.15, 0.2) is 47.6 Å². The van der Waals surface area contributed by atoms with E-state index in [1.165, 1.54) is 19.3 Å². The second-order valence-electron chi connectivity index (χ2n) is 5.21. The van der Waals surface area contributed by atoms with Crippen LogP contribution in [0.25, 0.3) is 10.8 Å². The Labute approximate surface area is 118 Å². The van der Waals surface area contributed by atoms with Crippen LogP contribution in [-0.4, -0.2) is 11.6 Å². The summed E-state index contributed by atoms with van der Waals surface area (Å²) < 4.78 is 0. The van der Waals surface area contributed by atoms with Crippen molar-refractivity contribution in [3.8, 4) is 0 Å². The summed E-state index contributed by atoms with van der Waals surface area (Å²) in [6.45, 7) is 0. The number of hydrazone groups is 1. The lowest BCUT2D eigenvalue weighted by Gasteiger charge is -2.12. The van der Waals surface area contributed by atoms with Gasteiger partial charge >= 0.3 is 0 Å². The van der Waals surface area contributed by atoms with E-state index in [4.69, 9.17) is 0 Å². The van der Waals surface area contributed by atoms with E-state index in [1.807, 2.05) is 42.5 Å². The molecule has 0 bridgehead atoms. The Morgan fingerprint density at radius 1 is 0.950 bits per heavy atom. The standard InChI is InChI=1S/C17H18N2O/c20-17(19-18-14-9-2-1-3-10-14)16-12-6-8-13-7-4-5-11-15(13)16/h4-8,11-12H,1-3,9-10H2,(H,19,20). The van der Waals surface area contributed by atoms with Crippen LogP contribution in [-0.2, 0) is 0 Å². The minimum atomic E-state index is -0.125. The van der Waals surface area contributed by atoms with Gasteiger partial charge in [-0.15, -0.1) is 0 Å². The van der Waals surface area contributed by atoms with E-state index in [2.05, 4.69) is 10.5 Å². The van der Waals surface area contributed by atoms with Gasteiger partial charge in [0.2, 0.25) is 0 Å². The van der Waals surface area contributed by atoms with Gasteiger partial charge in [0.15, 0.2) is 0 Å². The Bertz CT molecular complexity index is 648. The van der Waals surface area contributed by atoms with Gasteiger partial charge in [0, 0.05) is 11.3 Å². The number of benzene rings is 2. The zero-order chi connectivity index (χ0) is 13.8. The molecule has 0 saturated heterocycles. The van der Waals surface area contributed by atoms with Gasteiger partial charge in [0.05, 0.1) is 0 Å². The van der Waals surface area contributed by atoms with Crippen molar-refractivity contribution in [3.05, 3.63) is 48.0 Å². The third kappa shape index (κ3) is 2.72. The van der Waals surface area contributed by atoms with Gasteiger partial charge in [-0.25, -0.2) is 5.43 Å². The maximum absolute atomic E-state index is 12.3. The van der Waals surface area contributed by atoms with Crippen LogP contribution in [0.1, 0.15) is 42.5 Å². The average molecular weight is 266 g/mol. The van der Waals surface area contributed by atoms with Crippen LogP contribution in [0.5, 0.6) is 0 Å². The van der Waals surface area contributed by atoms with E-state index in [0.717, 1.165) is 29.3 Å². The number of carbonyl (C=O) groups is 1. The van der Waals surface area contributed by atoms with Crippen LogP contribution in [0.4, 0.5) is 0 Å². The van der Waals surface area contributed by atoms with Gasteiger partial charge in [-0.2, -0.15) is 5.10 Å². The molecule has 0 aliphatic heterocycles. The van der Waals surface area contributed by atoms with E-state index in [9.17, 15) is 4.79 Å². The van der Waals surface area contributed by atoms with Crippen LogP contribution < -0.4 is 5.43 Å². The lowest BCUT2D eigenvalue weighted by molar-refractivity contribution is 0.0956. The lowest BCUT2D eigenvalue weighted by atomic mass is 9.99. The van der Waals surface area contributed by atoms with Crippen molar-refractivity contribution >= 4 is 22.4 Å². The minimum Gasteiger partial charge on any atom is -0.267 e. The van der Waals surface area contributed by atoms with Crippen molar-refractivity contribution in [1.29, 1.82) is 0 Å². The first kappa shape index (κ1) is 12.9. The van der Waals surface area contributed by atoms with E-state index < -0.39 is 0 Å². The largest absolute Gasteiger partial charge is 0.271 e. The Kier molecular flexibility index (Phi) is 3.77. The van der Waals surface area contributed by atoms with Crippen LogP contribution in [0, 0.1) is 0 Å². The van der Waals surface area contributed by atoms with Crippen molar-refractivity contribution < 1.29 is 4.79 Å².